The van der Waals surface area contributed by atoms with Crippen molar-refractivity contribution in [2.75, 3.05) is 0 Å². The van der Waals surface area contributed by atoms with Crippen LogP contribution in [0.1, 0.15) is 0 Å². The Kier molecular flexibility index (Phi) is 4.94. The van der Waals surface area contributed by atoms with E-state index in [1.54, 1.807) is 6.08 Å². The number of aliphatic hydroxyl groups excluding tert-OH is 1. The quantitative estimate of drug-likeness (QED) is 0.497. The maximum atomic E-state index is 9.23. The van der Waals surface area contributed by atoms with Gasteiger partial charge in [-0.3, -0.25) is 0 Å². The molecular weight excluding hydrogens is 208 g/mol. The molecule has 0 saturated carbocycles. The molecule has 17 heavy (non-hydrogen) atoms. The van der Waals surface area contributed by atoms with Crippen molar-refractivity contribution in [3.63, 3.8) is 0 Å². The first-order valence-electron chi connectivity index (χ1n) is 4.90. The number of rotatable bonds is 7. The van der Waals surface area contributed by atoms with Crippen molar-refractivity contribution in [2.24, 2.45) is 0 Å². The third kappa shape index (κ3) is 3.35. The fourth-order valence-electron chi connectivity index (χ4n) is 1.04. The van der Waals surface area contributed by atoms with Gasteiger partial charge >= 0.3 is 0 Å². The largest absolute Gasteiger partial charge is 0.508 e. The Balaban J connectivity index is 5.03. The lowest BCUT2D eigenvalue weighted by Gasteiger charge is -2.15. The molecule has 0 radical (unpaired) electrons. The van der Waals surface area contributed by atoms with Gasteiger partial charge < -0.3 is 5.11 Å². The van der Waals surface area contributed by atoms with Crippen LogP contribution in [-0.4, -0.2) is 5.11 Å². The van der Waals surface area contributed by atoms with E-state index in [4.69, 9.17) is 0 Å². The van der Waals surface area contributed by atoms with E-state index < -0.39 is 0 Å². The van der Waals surface area contributed by atoms with E-state index in [0.717, 1.165) is 0 Å². The summed E-state index contributed by atoms with van der Waals surface area (Å²) in [4.78, 5) is 0. The zero-order valence-electron chi connectivity index (χ0n) is 10.2. The molecule has 0 aliphatic rings. The van der Waals surface area contributed by atoms with Gasteiger partial charge in [0.05, 0.1) is 0 Å². The van der Waals surface area contributed by atoms with Crippen molar-refractivity contribution in [2.45, 2.75) is 0 Å². The second-order valence-electron chi connectivity index (χ2n) is 3.57. The van der Waals surface area contributed by atoms with Gasteiger partial charge in [0.15, 0.2) is 0 Å². The summed E-state index contributed by atoms with van der Waals surface area (Å²) in [6, 6.07) is 0. The van der Waals surface area contributed by atoms with Crippen LogP contribution in [0.2, 0.25) is 0 Å². The van der Waals surface area contributed by atoms with Crippen molar-refractivity contribution in [3.05, 3.63) is 97.9 Å². The predicted octanol–water partition coefficient (Wildman–Crippen LogP) is 4.58. The van der Waals surface area contributed by atoms with E-state index in [9.17, 15) is 5.11 Å². The summed E-state index contributed by atoms with van der Waals surface area (Å²) >= 11 is 0. The highest BCUT2D eigenvalue weighted by molar-refractivity contribution is 5.64. The minimum Gasteiger partial charge on any atom is -0.508 e. The molecule has 0 aromatic carbocycles. The molecule has 0 heterocycles. The predicted molar refractivity (Wildman–Crippen MR) is 76.8 cm³/mol. The molecule has 0 rings (SSSR count). The average molecular weight is 226 g/mol. The zero-order chi connectivity index (χ0) is 13.7. The maximum absolute atomic E-state index is 9.23. The number of aliphatic hydroxyl groups is 1. The van der Waals surface area contributed by atoms with Gasteiger partial charge in [0.25, 0.3) is 0 Å². The summed E-state index contributed by atoms with van der Waals surface area (Å²) in [5.41, 5.74) is 3.22. The third-order valence-electron chi connectivity index (χ3n) is 2.44. The van der Waals surface area contributed by atoms with Gasteiger partial charge in [0.1, 0.15) is 5.76 Å². The molecule has 0 fully saturated rings. The van der Waals surface area contributed by atoms with Crippen molar-refractivity contribution < 1.29 is 5.11 Å². The molecule has 1 heteroatoms. The number of hydrogen-bond acceptors (Lipinski definition) is 1. The molecule has 0 aliphatic heterocycles. The van der Waals surface area contributed by atoms with Gasteiger partial charge in [0, 0.05) is 5.57 Å². The van der Waals surface area contributed by atoms with E-state index in [1.807, 2.05) is 0 Å². The maximum Gasteiger partial charge on any atom is 0.115 e. The molecule has 0 saturated heterocycles. The first kappa shape index (κ1) is 14.7. The fraction of sp³-hybridized carbons (Fsp3) is 0. The van der Waals surface area contributed by atoms with Crippen LogP contribution >= 0.6 is 0 Å². The summed E-state index contributed by atoms with van der Waals surface area (Å²) in [5.74, 6) is -0.142. The summed E-state index contributed by atoms with van der Waals surface area (Å²) in [6.07, 6.45) is 1.59. The van der Waals surface area contributed by atoms with Crippen LogP contribution in [0.5, 0.6) is 0 Å². The van der Waals surface area contributed by atoms with Gasteiger partial charge in [-0.05, 0) is 27.9 Å². The average Bonchev–Trinajstić information content (AvgIpc) is 2.32. The molecule has 0 atom stereocenters. The fourth-order valence-corrected chi connectivity index (χ4v) is 1.04. The van der Waals surface area contributed by atoms with E-state index in [1.165, 1.54) is 0 Å². The van der Waals surface area contributed by atoms with Crippen LogP contribution in [-0.2, 0) is 0 Å². The van der Waals surface area contributed by atoms with Gasteiger partial charge in [0.2, 0.25) is 0 Å². The van der Waals surface area contributed by atoms with Crippen molar-refractivity contribution in [3.8, 4) is 0 Å². The highest BCUT2D eigenvalue weighted by atomic mass is 16.3. The molecule has 0 amide bonds. The van der Waals surface area contributed by atoms with E-state index in [-0.39, 0.29) is 5.76 Å². The SMILES string of the molecule is C=CC(=C)C(=C)C(=C)C(=C)C(=C)C(=C)C(=C)O. The third-order valence-corrected chi connectivity index (χ3v) is 2.44. The summed E-state index contributed by atoms with van der Waals surface area (Å²) in [7, 11) is 0. The molecule has 0 bridgehead atoms. The minimum atomic E-state index is -0.142. The molecule has 1 nitrogen and oxygen atoms in total. The Hall–Kier alpha value is -2.28. The normalized spacial score (nSPS) is 8.94. The molecule has 0 aromatic heterocycles. The van der Waals surface area contributed by atoms with Gasteiger partial charge in [-0.15, -0.1) is 0 Å². The topological polar surface area (TPSA) is 20.2 Å². The Bertz CT molecular complexity index is 470. The summed E-state index contributed by atoms with van der Waals surface area (Å²) in [6.45, 7) is 29.8. The minimum absolute atomic E-state index is 0.142. The molecule has 0 spiro atoms. The Morgan fingerprint density at radius 1 is 0.647 bits per heavy atom. The van der Waals surface area contributed by atoms with Crippen molar-refractivity contribution >= 4 is 0 Å². The van der Waals surface area contributed by atoms with Crippen LogP contribution in [0, 0.1) is 0 Å². The van der Waals surface area contributed by atoms with Crippen LogP contribution in [0.15, 0.2) is 97.9 Å². The van der Waals surface area contributed by atoms with Crippen LogP contribution in [0.3, 0.4) is 0 Å². The highest BCUT2D eigenvalue weighted by Crippen LogP contribution is 2.29. The van der Waals surface area contributed by atoms with Crippen molar-refractivity contribution in [1.82, 2.24) is 0 Å². The van der Waals surface area contributed by atoms with Crippen molar-refractivity contribution in [1.29, 1.82) is 0 Å². The van der Waals surface area contributed by atoms with Gasteiger partial charge in [-0.2, -0.15) is 0 Å². The molecule has 0 aliphatic carbocycles. The van der Waals surface area contributed by atoms with Gasteiger partial charge in [-0.1, -0.05) is 58.7 Å². The van der Waals surface area contributed by atoms with E-state index in [2.05, 4.69) is 52.6 Å². The molecular formula is C16H18O. The smallest absolute Gasteiger partial charge is 0.115 e. The Morgan fingerprint density at radius 2 is 1.00 bits per heavy atom. The second-order valence-corrected chi connectivity index (χ2v) is 3.57. The molecule has 0 aromatic rings. The molecule has 88 valence electrons. The Labute approximate surface area is 103 Å². The number of allylic oxidation sites excluding steroid dienone is 6. The van der Waals surface area contributed by atoms with Gasteiger partial charge in [-0.25, -0.2) is 0 Å². The first-order chi connectivity index (χ1) is 7.73. The Morgan fingerprint density at radius 3 is 1.35 bits per heavy atom. The van der Waals surface area contributed by atoms with Crippen LogP contribution in [0.4, 0.5) is 0 Å². The monoisotopic (exact) mass is 226 g/mol. The zero-order valence-corrected chi connectivity index (χ0v) is 10.2. The summed E-state index contributed by atoms with van der Waals surface area (Å²) < 4.78 is 0. The lowest BCUT2D eigenvalue weighted by molar-refractivity contribution is 0.428. The van der Waals surface area contributed by atoms with E-state index in [0.29, 0.717) is 33.4 Å². The second kappa shape index (κ2) is 5.71. The molecule has 0 unspecified atom stereocenters. The first-order valence-corrected chi connectivity index (χ1v) is 4.90. The standard InChI is InChI=1S/C16H18O/c1-9-10(2)11(3)12(4)13(5)14(6)15(7)16(8)17/h9,17H,1-8H2. The lowest BCUT2D eigenvalue weighted by atomic mass is 9.89. The number of hydrogen-bond donors (Lipinski definition) is 1. The highest BCUT2D eigenvalue weighted by Gasteiger charge is 2.12. The molecule has 1 N–H and O–H groups in total. The van der Waals surface area contributed by atoms with Crippen LogP contribution < -0.4 is 0 Å². The van der Waals surface area contributed by atoms with Crippen LogP contribution in [0.25, 0.3) is 0 Å². The lowest BCUT2D eigenvalue weighted by Crippen LogP contribution is -1.98. The van der Waals surface area contributed by atoms with E-state index >= 15 is 0 Å². The summed E-state index contributed by atoms with van der Waals surface area (Å²) in [5, 5.41) is 9.23.